The van der Waals surface area contributed by atoms with Gasteiger partial charge in [0.1, 0.15) is 11.5 Å². The van der Waals surface area contributed by atoms with E-state index in [9.17, 15) is 40.2 Å². The number of furan rings is 1. The highest BCUT2D eigenvalue weighted by molar-refractivity contribution is 7.13. The number of aliphatic hydroxyl groups is 1. The summed E-state index contributed by atoms with van der Waals surface area (Å²) in [6.45, 7) is 0. The Balaban J connectivity index is 1.94. The number of hydrogen-bond donors (Lipinski definition) is 1. The van der Waals surface area contributed by atoms with Crippen molar-refractivity contribution in [1.29, 1.82) is 0 Å². The van der Waals surface area contributed by atoms with Gasteiger partial charge in [0.25, 0.3) is 0 Å². The summed E-state index contributed by atoms with van der Waals surface area (Å²) in [6.07, 6.45) is -11.8. The number of alkyl halides is 8. The summed E-state index contributed by atoms with van der Waals surface area (Å²) in [5, 5.41) is 15.3. The van der Waals surface area contributed by atoms with Crippen LogP contribution < -0.4 is 5.01 Å². The Kier molecular flexibility index (Phi) is 5.24. The van der Waals surface area contributed by atoms with Crippen molar-refractivity contribution >= 4 is 23.0 Å². The van der Waals surface area contributed by atoms with Gasteiger partial charge in [-0.3, -0.25) is 0 Å². The van der Waals surface area contributed by atoms with Crippen LogP contribution in [0.3, 0.4) is 0 Å². The van der Waals surface area contributed by atoms with Gasteiger partial charge >= 0.3 is 18.3 Å². The standard InChI is InChI=1S/C18H10F8N4O2S/c19-16(20,21)13-7-9(12-4-2-6-33-12)27-14(28-13)30-15(31,17(22,23)18(24,25)26)8-10(29-30)11-3-1-5-32-11/h1-7,31H,8H2. The van der Waals surface area contributed by atoms with E-state index in [-0.39, 0.29) is 15.6 Å². The number of aromatic nitrogens is 2. The molecular formula is C18H10F8N4O2S. The first-order valence-corrected chi connectivity index (χ1v) is 9.71. The van der Waals surface area contributed by atoms with E-state index in [4.69, 9.17) is 4.42 Å². The second kappa shape index (κ2) is 7.48. The second-order valence-corrected chi connectivity index (χ2v) is 7.76. The minimum Gasteiger partial charge on any atom is -0.463 e. The molecule has 3 aromatic rings. The average Bonchev–Trinajstić information content (AvgIpc) is 3.47. The van der Waals surface area contributed by atoms with E-state index >= 15 is 0 Å². The van der Waals surface area contributed by atoms with Crippen LogP contribution in [0.25, 0.3) is 10.6 Å². The Morgan fingerprint density at radius 2 is 1.76 bits per heavy atom. The van der Waals surface area contributed by atoms with Gasteiger partial charge in [0.15, 0.2) is 5.69 Å². The van der Waals surface area contributed by atoms with Crippen molar-refractivity contribution in [3.8, 4) is 10.6 Å². The first kappa shape index (κ1) is 23.1. The molecule has 0 aromatic carbocycles. The van der Waals surface area contributed by atoms with Gasteiger partial charge in [-0.25, -0.2) is 9.97 Å². The van der Waals surface area contributed by atoms with Crippen LogP contribution in [0.2, 0.25) is 0 Å². The van der Waals surface area contributed by atoms with Gasteiger partial charge in [0, 0.05) is 0 Å². The summed E-state index contributed by atoms with van der Waals surface area (Å²) in [5.74, 6) is -7.43. The van der Waals surface area contributed by atoms with E-state index in [2.05, 4.69) is 15.1 Å². The highest BCUT2D eigenvalue weighted by Crippen LogP contribution is 2.50. The van der Waals surface area contributed by atoms with E-state index in [1.54, 1.807) is 0 Å². The molecule has 1 aliphatic rings. The normalized spacial score (nSPS) is 19.8. The summed E-state index contributed by atoms with van der Waals surface area (Å²) < 4.78 is 114. The average molecular weight is 498 g/mol. The molecule has 0 amide bonds. The number of nitrogens with zero attached hydrogens (tertiary/aromatic N) is 4. The summed E-state index contributed by atoms with van der Waals surface area (Å²) >= 11 is 0.937. The fourth-order valence-corrected chi connectivity index (χ4v) is 3.72. The highest BCUT2D eigenvalue weighted by Gasteiger charge is 2.75. The fourth-order valence-electron chi connectivity index (χ4n) is 3.03. The molecular weight excluding hydrogens is 488 g/mol. The molecule has 4 rings (SSSR count). The maximum atomic E-state index is 14.5. The summed E-state index contributed by atoms with van der Waals surface area (Å²) in [4.78, 5) is 6.95. The number of hydrogen-bond acceptors (Lipinski definition) is 7. The predicted octanol–water partition coefficient (Wildman–Crippen LogP) is 5.32. The molecule has 0 spiro atoms. The molecule has 176 valence electrons. The lowest BCUT2D eigenvalue weighted by Gasteiger charge is -2.38. The zero-order valence-corrected chi connectivity index (χ0v) is 16.6. The Morgan fingerprint density at radius 3 is 2.30 bits per heavy atom. The van der Waals surface area contributed by atoms with Crippen molar-refractivity contribution in [3.63, 3.8) is 0 Å². The molecule has 1 unspecified atom stereocenters. The van der Waals surface area contributed by atoms with E-state index in [0.717, 1.165) is 17.6 Å². The predicted molar refractivity (Wildman–Crippen MR) is 98.6 cm³/mol. The van der Waals surface area contributed by atoms with Crippen molar-refractivity contribution in [2.45, 2.75) is 30.4 Å². The summed E-state index contributed by atoms with van der Waals surface area (Å²) in [5.41, 5.74) is -6.80. The lowest BCUT2D eigenvalue weighted by molar-refractivity contribution is -0.339. The number of anilines is 1. The molecule has 15 heteroatoms. The monoisotopic (exact) mass is 498 g/mol. The first-order valence-electron chi connectivity index (χ1n) is 8.83. The molecule has 0 radical (unpaired) electrons. The van der Waals surface area contributed by atoms with Crippen molar-refractivity contribution in [2.24, 2.45) is 5.10 Å². The van der Waals surface area contributed by atoms with Crippen molar-refractivity contribution in [2.75, 3.05) is 5.01 Å². The molecule has 33 heavy (non-hydrogen) atoms. The third-order valence-corrected chi connectivity index (χ3v) is 5.51. The van der Waals surface area contributed by atoms with Crippen molar-refractivity contribution in [3.05, 3.63) is 53.4 Å². The zero-order valence-electron chi connectivity index (χ0n) is 15.8. The van der Waals surface area contributed by atoms with Crippen LogP contribution in [0.4, 0.5) is 41.1 Å². The second-order valence-electron chi connectivity index (χ2n) is 6.81. The molecule has 0 saturated heterocycles. The Bertz CT molecular complexity index is 1180. The molecule has 0 bridgehead atoms. The van der Waals surface area contributed by atoms with Gasteiger partial charge in [0.05, 0.1) is 23.3 Å². The molecule has 1 aliphatic heterocycles. The maximum absolute atomic E-state index is 14.5. The number of halogens is 8. The Labute approximate surface area is 182 Å². The third kappa shape index (κ3) is 3.84. The quantitative estimate of drug-likeness (QED) is 0.493. The Hall–Kier alpha value is -3.07. The van der Waals surface area contributed by atoms with Gasteiger partial charge in [-0.15, -0.1) is 11.3 Å². The van der Waals surface area contributed by atoms with Crippen LogP contribution >= 0.6 is 11.3 Å². The first-order chi connectivity index (χ1) is 15.2. The van der Waals surface area contributed by atoms with Crippen molar-refractivity contribution in [1.82, 2.24) is 9.97 Å². The topological polar surface area (TPSA) is 74.8 Å². The number of hydrazone groups is 1. The van der Waals surface area contributed by atoms with E-state index in [1.807, 2.05) is 0 Å². The minimum atomic E-state index is -6.29. The van der Waals surface area contributed by atoms with Crippen LogP contribution in [0, 0.1) is 0 Å². The van der Waals surface area contributed by atoms with Crippen LogP contribution in [0.5, 0.6) is 0 Å². The van der Waals surface area contributed by atoms with Gasteiger partial charge < -0.3 is 9.52 Å². The molecule has 0 aliphatic carbocycles. The van der Waals surface area contributed by atoms with Crippen LogP contribution in [0.1, 0.15) is 17.9 Å². The summed E-state index contributed by atoms with van der Waals surface area (Å²) in [6, 6.07) is 5.76. The van der Waals surface area contributed by atoms with Crippen LogP contribution in [-0.4, -0.2) is 38.6 Å². The molecule has 4 heterocycles. The largest absolute Gasteiger partial charge is 0.463 e. The third-order valence-electron chi connectivity index (χ3n) is 4.62. The molecule has 3 aromatic heterocycles. The van der Waals surface area contributed by atoms with Gasteiger partial charge in [-0.2, -0.15) is 45.2 Å². The lowest BCUT2D eigenvalue weighted by Crippen LogP contribution is -2.64. The molecule has 0 fully saturated rings. The number of rotatable bonds is 4. The summed E-state index contributed by atoms with van der Waals surface area (Å²) in [7, 11) is 0. The van der Waals surface area contributed by atoms with E-state index in [0.29, 0.717) is 6.07 Å². The Morgan fingerprint density at radius 1 is 1.03 bits per heavy atom. The van der Waals surface area contributed by atoms with Gasteiger partial charge in [-0.1, -0.05) is 6.07 Å². The van der Waals surface area contributed by atoms with Crippen LogP contribution in [-0.2, 0) is 6.18 Å². The van der Waals surface area contributed by atoms with Gasteiger partial charge in [-0.05, 0) is 29.6 Å². The minimum absolute atomic E-state index is 0.143. The zero-order chi connectivity index (χ0) is 24.2. The maximum Gasteiger partial charge on any atom is 0.458 e. The molecule has 1 atom stereocenters. The van der Waals surface area contributed by atoms with E-state index in [1.165, 1.54) is 29.6 Å². The lowest BCUT2D eigenvalue weighted by atomic mass is 9.98. The van der Waals surface area contributed by atoms with Crippen LogP contribution in [0.15, 0.2) is 51.5 Å². The van der Waals surface area contributed by atoms with Crippen molar-refractivity contribution < 1.29 is 44.6 Å². The fraction of sp³-hybridized carbons (Fsp3) is 0.278. The molecule has 6 nitrogen and oxygen atoms in total. The number of thiophene rings is 1. The highest BCUT2D eigenvalue weighted by atomic mass is 32.1. The molecule has 1 N–H and O–H groups in total. The van der Waals surface area contributed by atoms with E-state index < -0.39 is 53.5 Å². The molecule has 0 saturated carbocycles. The SMILES string of the molecule is OC1(C(F)(F)C(F)(F)F)CC(c2ccco2)=NN1c1nc(-c2cccs2)cc(C(F)(F)F)n1. The smallest absolute Gasteiger partial charge is 0.458 e. The van der Waals surface area contributed by atoms with Gasteiger partial charge in [0.2, 0.25) is 11.7 Å².